The van der Waals surface area contributed by atoms with Gasteiger partial charge in [0.2, 0.25) is 0 Å². The van der Waals surface area contributed by atoms with E-state index >= 15 is 0 Å². The van der Waals surface area contributed by atoms with Crippen molar-refractivity contribution in [3.8, 4) is 0 Å². The molecular formula is C21H22N2OS. The number of hydrogen-bond donors (Lipinski definition) is 2. The van der Waals surface area contributed by atoms with Crippen LogP contribution >= 0.6 is 12.2 Å². The molecule has 0 bridgehead atoms. The van der Waals surface area contributed by atoms with Crippen LogP contribution in [0.2, 0.25) is 0 Å². The fourth-order valence-corrected chi connectivity index (χ4v) is 2.91. The lowest BCUT2D eigenvalue weighted by molar-refractivity contribution is 0.476. The van der Waals surface area contributed by atoms with Crippen molar-refractivity contribution in [3.05, 3.63) is 89.9 Å². The summed E-state index contributed by atoms with van der Waals surface area (Å²) in [4.78, 5) is 0. The summed E-state index contributed by atoms with van der Waals surface area (Å²) in [5, 5.41) is 7.15. The van der Waals surface area contributed by atoms with Crippen molar-refractivity contribution in [2.24, 2.45) is 0 Å². The number of rotatable bonds is 5. The molecule has 1 aromatic heterocycles. The van der Waals surface area contributed by atoms with Crippen LogP contribution in [0, 0.1) is 0 Å². The Labute approximate surface area is 154 Å². The minimum atomic E-state index is -0.133. The van der Waals surface area contributed by atoms with E-state index in [0.717, 1.165) is 17.0 Å². The molecule has 2 N–H and O–H groups in total. The van der Waals surface area contributed by atoms with Crippen molar-refractivity contribution >= 4 is 23.0 Å². The maximum atomic E-state index is 5.59. The third-order valence-electron chi connectivity index (χ3n) is 4.07. The van der Waals surface area contributed by atoms with E-state index in [-0.39, 0.29) is 6.04 Å². The van der Waals surface area contributed by atoms with Gasteiger partial charge in [-0.05, 0) is 53.5 Å². The van der Waals surface area contributed by atoms with Gasteiger partial charge in [-0.25, -0.2) is 0 Å². The molecule has 0 amide bonds. The van der Waals surface area contributed by atoms with Gasteiger partial charge in [0.1, 0.15) is 11.8 Å². The standard InChI is InChI=1S/C21H22N2OS/c1-15(2)16-10-12-18(13-11-16)22-21(25)23-20(19-9-6-14-24-19)17-7-4-3-5-8-17/h3-15,20H,1-2H3,(H2,22,23,25)/t20-/m0/s1. The molecule has 0 saturated heterocycles. The summed E-state index contributed by atoms with van der Waals surface area (Å²) in [6, 6.07) is 22.2. The Morgan fingerprint density at radius 2 is 1.60 bits per heavy atom. The van der Waals surface area contributed by atoms with E-state index in [1.807, 2.05) is 42.5 Å². The number of anilines is 1. The molecular weight excluding hydrogens is 328 g/mol. The summed E-state index contributed by atoms with van der Waals surface area (Å²) >= 11 is 5.51. The van der Waals surface area contributed by atoms with Crippen molar-refractivity contribution in [1.29, 1.82) is 0 Å². The second-order valence-corrected chi connectivity index (χ2v) is 6.64. The van der Waals surface area contributed by atoms with Crippen LogP contribution < -0.4 is 10.6 Å². The monoisotopic (exact) mass is 350 g/mol. The topological polar surface area (TPSA) is 37.2 Å². The Kier molecular flexibility index (Phi) is 5.51. The molecule has 0 aliphatic heterocycles. The van der Waals surface area contributed by atoms with Crippen LogP contribution in [0.25, 0.3) is 0 Å². The van der Waals surface area contributed by atoms with E-state index in [9.17, 15) is 0 Å². The first-order valence-electron chi connectivity index (χ1n) is 8.39. The Bertz CT molecular complexity index is 796. The number of furan rings is 1. The van der Waals surface area contributed by atoms with Gasteiger partial charge >= 0.3 is 0 Å². The fourth-order valence-electron chi connectivity index (χ4n) is 2.67. The van der Waals surface area contributed by atoms with Crippen LogP contribution in [0.3, 0.4) is 0 Å². The molecule has 1 heterocycles. The molecule has 0 radical (unpaired) electrons. The van der Waals surface area contributed by atoms with E-state index in [2.05, 4.69) is 48.7 Å². The normalized spacial score (nSPS) is 12.0. The number of nitrogens with one attached hydrogen (secondary N) is 2. The van der Waals surface area contributed by atoms with Crippen molar-refractivity contribution in [1.82, 2.24) is 5.32 Å². The largest absolute Gasteiger partial charge is 0.467 e. The van der Waals surface area contributed by atoms with Gasteiger partial charge in [0.05, 0.1) is 6.26 Å². The first kappa shape index (κ1) is 17.2. The van der Waals surface area contributed by atoms with E-state index in [1.54, 1.807) is 6.26 Å². The molecule has 0 fully saturated rings. The first-order chi connectivity index (χ1) is 12.1. The van der Waals surface area contributed by atoms with E-state index in [0.29, 0.717) is 11.0 Å². The summed E-state index contributed by atoms with van der Waals surface area (Å²) in [5.41, 5.74) is 3.37. The van der Waals surface area contributed by atoms with Gasteiger partial charge < -0.3 is 15.1 Å². The van der Waals surface area contributed by atoms with E-state index in [1.165, 1.54) is 5.56 Å². The van der Waals surface area contributed by atoms with Gasteiger partial charge in [-0.2, -0.15) is 0 Å². The lowest BCUT2D eigenvalue weighted by Gasteiger charge is -2.20. The zero-order chi connectivity index (χ0) is 17.6. The fraction of sp³-hybridized carbons (Fsp3) is 0.190. The van der Waals surface area contributed by atoms with Crippen LogP contribution in [-0.2, 0) is 0 Å². The third-order valence-corrected chi connectivity index (χ3v) is 4.29. The van der Waals surface area contributed by atoms with E-state index in [4.69, 9.17) is 16.6 Å². The SMILES string of the molecule is CC(C)c1ccc(NC(=S)N[C@@H](c2ccccc2)c2ccco2)cc1. The van der Waals surface area contributed by atoms with Crippen LogP contribution in [-0.4, -0.2) is 5.11 Å². The molecule has 2 aromatic carbocycles. The van der Waals surface area contributed by atoms with Crippen LogP contribution in [0.15, 0.2) is 77.4 Å². The third kappa shape index (κ3) is 4.48. The summed E-state index contributed by atoms with van der Waals surface area (Å²) in [5.74, 6) is 1.34. The highest BCUT2D eigenvalue weighted by molar-refractivity contribution is 7.80. The summed E-state index contributed by atoms with van der Waals surface area (Å²) in [6.45, 7) is 4.37. The Balaban J connectivity index is 1.72. The molecule has 3 aromatic rings. The van der Waals surface area contributed by atoms with Gasteiger partial charge in [0.25, 0.3) is 0 Å². The van der Waals surface area contributed by atoms with Crippen LogP contribution in [0.5, 0.6) is 0 Å². The lowest BCUT2D eigenvalue weighted by atomic mass is 10.0. The molecule has 0 saturated carbocycles. The predicted molar refractivity (Wildman–Crippen MR) is 107 cm³/mol. The highest BCUT2D eigenvalue weighted by Gasteiger charge is 2.17. The maximum absolute atomic E-state index is 5.59. The zero-order valence-electron chi connectivity index (χ0n) is 14.4. The minimum absolute atomic E-state index is 0.133. The molecule has 1 atom stereocenters. The second kappa shape index (κ2) is 7.99. The van der Waals surface area contributed by atoms with Gasteiger partial charge in [-0.3, -0.25) is 0 Å². The van der Waals surface area contributed by atoms with E-state index < -0.39 is 0 Å². The van der Waals surface area contributed by atoms with Gasteiger partial charge in [-0.1, -0.05) is 56.3 Å². The highest BCUT2D eigenvalue weighted by atomic mass is 32.1. The van der Waals surface area contributed by atoms with Crippen molar-refractivity contribution in [2.45, 2.75) is 25.8 Å². The average Bonchev–Trinajstić information content (AvgIpc) is 3.15. The molecule has 128 valence electrons. The Hall–Kier alpha value is -2.59. The number of benzene rings is 2. The number of thiocarbonyl (C=S) groups is 1. The Morgan fingerprint density at radius 1 is 0.880 bits per heavy atom. The molecule has 0 spiro atoms. The van der Waals surface area contributed by atoms with Gasteiger partial charge in [-0.15, -0.1) is 0 Å². The zero-order valence-corrected chi connectivity index (χ0v) is 15.2. The van der Waals surface area contributed by atoms with Crippen LogP contribution in [0.1, 0.15) is 42.7 Å². The smallest absolute Gasteiger partial charge is 0.171 e. The molecule has 0 unspecified atom stereocenters. The lowest BCUT2D eigenvalue weighted by Crippen LogP contribution is -2.32. The molecule has 0 aliphatic carbocycles. The maximum Gasteiger partial charge on any atom is 0.171 e. The second-order valence-electron chi connectivity index (χ2n) is 6.23. The molecule has 4 heteroatoms. The summed E-state index contributed by atoms with van der Waals surface area (Å²) in [7, 11) is 0. The van der Waals surface area contributed by atoms with Crippen molar-refractivity contribution < 1.29 is 4.42 Å². The molecule has 0 aliphatic rings. The van der Waals surface area contributed by atoms with Gasteiger partial charge in [0, 0.05) is 5.69 Å². The highest BCUT2D eigenvalue weighted by Crippen LogP contribution is 2.23. The predicted octanol–water partition coefficient (Wildman–Crippen LogP) is 5.48. The molecule has 3 nitrogen and oxygen atoms in total. The minimum Gasteiger partial charge on any atom is -0.467 e. The van der Waals surface area contributed by atoms with Crippen LogP contribution in [0.4, 0.5) is 5.69 Å². The molecule has 3 rings (SSSR count). The number of hydrogen-bond acceptors (Lipinski definition) is 2. The van der Waals surface area contributed by atoms with Gasteiger partial charge in [0.15, 0.2) is 5.11 Å². The van der Waals surface area contributed by atoms with Crippen molar-refractivity contribution in [3.63, 3.8) is 0 Å². The molecule has 25 heavy (non-hydrogen) atoms. The Morgan fingerprint density at radius 3 is 2.20 bits per heavy atom. The quantitative estimate of drug-likeness (QED) is 0.598. The summed E-state index contributed by atoms with van der Waals surface area (Å²) in [6.07, 6.45) is 1.67. The average molecular weight is 350 g/mol. The summed E-state index contributed by atoms with van der Waals surface area (Å²) < 4.78 is 5.59. The first-order valence-corrected chi connectivity index (χ1v) is 8.80. The van der Waals surface area contributed by atoms with Crippen molar-refractivity contribution in [2.75, 3.05) is 5.32 Å².